The molecule has 0 aromatic rings. The molecule has 6 heteroatoms. The van der Waals surface area contributed by atoms with Gasteiger partial charge in [0.2, 0.25) is 5.91 Å². The van der Waals surface area contributed by atoms with Crippen LogP contribution in [0.3, 0.4) is 0 Å². The standard InChI is InChI=1S/C13H25N3O3/c1-5-16(10-7-6-8-15(10)4)12(17)11(9(2)3)14-13(18)19/h9-11,14H,5-8H2,1-4H3,(H,18,19). The quantitative estimate of drug-likeness (QED) is 0.787. The molecule has 110 valence electrons. The van der Waals surface area contributed by atoms with Crippen LogP contribution in [-0.4, -0.2) is 59.3 Å². The topological polar surface area (TPSA) is 72.9 Å². The average molecular weight is 271 g/mol. The molecule has 1 saturated heterocycles. The molecule has 1 aliphatic heterocycles. The first-order valence-electron chi connectivity index (χ1n) is 6.88. The molecular formula is C13H25N3O3. The van der Waals surface area contributed by atoms with E-state index < -0.39 is 12.1 Å². The molecule has 1 fully saturated rings. The zero-order chi connectivity index (χ0) is 14.6. The second-order valence-electron chi connectivity index (χ2n) is 5.40. The molecule has 0 saturated carbocycles. The average Bonchev–Trinajstić information content (AvgIpc) is 2.73. The van der Waals surface area contributed by atoms with Gasteiger partial charge in [0.15, 0.2) is 0 Å². The number of carbonyl (C=O) groups excluding carboxylic acids is 1. The van der Waals surface area contributed by atoms with Gasteiger partial charge < -0.3 is 15.3 Å². The van der Waals surface area contributed by atoms with Gasteiger partial charge in [0, 0.05) is 6.54 Å². The molecule has 2 amide bonds. The maximum atomic E-state index is 12.6. The predicted molar refractivity (Wildman–Crippen MR) is 72.8 cm³/mol. The minimum atomic E-state index is -1.15. The lowest BCUT2D eigenvalue weighted by Gasteiger charge is -2.35. The van der Waals surface area contributed by atoms with Crippen molar-refractivity contribution in [3.63, 3.8) is 0 Å². The Kier molecular flexibility index (Phi) is 5.60. The number of likely N-dealkylation sites (N-methyl/N-ethyl adjacent to an activating group) is 1. The summed E-state index contributed by atoms with van der Waals surface area (Å²) in [4.78, 5) is 27.3. The van der Waals surface area contributed by atoms with Crippen LogP contribution < -0.4 is 5.32 Å². The van der Waals surface area contributed by atoms with Crippen LogP contribution in [0, 0.1) is 5.92 Å². The van der Waals surface area contributed by atoms with Crippen LogP contribution in [-0.2, 0) is 4.79 Å². The van der Waals surface area contributed by atoms with E-state index in [1.54, 1.807) is 4.90 Å². The minimum absolute atomic E-state index is 0.0654. The normalized spacial score (nSPS) is 21.4. The predicted octanol–water partition coefficient (Wildman–Crippen LogP) is 1.18. The van der Waals surface area contributed by atoms with Crippen LogP contribution in [0.25, 0.3) is 0 Å². The Bertz CT molecular complexity index is 333. The molecule has 6 nitrogen and oxygen atoms in total. The molecular weight excluding hydrogens is 246 g/mol. The monoisotopic (exact) mass is 271 g/mol. The lowest BCUT2D eigenvalue weighted by Crippen LogP contribution is -2.55. The Morgan fingerprint density at radius 1 is 1.47 bits per heavy atom. The number of likely N-dealkylation sites (tertiary alicyclic amines) is 1. The zero-order valence-corrected chi connectivity index (χ0v) is 12.2. The molecule has 0 bridgehead atoms. The van der Waals surface area contributed by atoms with Crippen molar-refractivity contribution < 1.29 is 14.7 Å². The number of carboxylic acid groups (broad SMARTS) is 1. The van der Waals surface area contributed by atoms with Gasteiger partial charge in [-0.2, -0.15) is 0 Å². The molecule has 0 aromatic heterocycles. The van der Waals surface area contributed by atoms with Gasteiger partial charge in [0.25, 0.3) is 0 Å². The first-order chi connectivity index (χ1) is 8.88. The van der Waals surface area contributed by atoms with E-state index in [4.69, 9.17) is 5.11 Å². The second-order valence-corrected chi connectivity index (χ2v) is 5.40. The third-order valence-electron chi connectivity index (χ3n) is 3.68. The van der Waals surface area contributed by atoms with E-state index in [2.05, 4.69) is 10.2 Å². The highest BCUT2D eigenvalue weighted by atomic mass is 16.4. The minimum Gasteiger partial charge on any atom is -0.465 e. The third-order valence-corrected chi connectivity index (χ3v) is 3.68. The van der Waals surface area contributed by atoms with Crippen LogP contribution in [0.1, 0.15) is 33.6 Å². The van der Waals surface area contributed by atoms with Crippen molar-refractivity contribution in [3.05, 3.63) is 0 Å². The van der Waals surface area contributed by atoms with Crippen LogP contribution in [0.4, 0.5) is 4.79 Å². The van der Waals surface area contributed by atoms with Gasteiger partial charge in [0.1, 0.15) is 6.04 Å². The zero-order valence-electron chi connectivity index (χ0n) is 12.2. The van der Waals surface area contributed by atoms with Gasteiger partial charge in [-0.3, -0.25) is 9.69 Å². The number of amides is 2. The lowest BCUT2D eigenvalue weighted by atomic mass is 10.0. The Hall–Kier alpha value is -1.30. The van der Waals surface area contributed by atoms with E-state index in [1.165, 1.54) is 0 Å². The number of rotatable bonds is 5. The van der Waals surface area contributed by atoms with Crippen LogP contribution in [0.5, 0.6) is 0 Å². The van der Waals surface area contributed by atoms with Gasteiger partial charge in [-0.05, 0) is 39.3 Å². The molecule has 0 aromatic carbocycles. The van der Waals surface area contributed by atoms with Gasteiger partial charge >= 0.3 is 6.09 Å². The summed E-state index contributed by atoms with van der Waals surface area (Å²) in [5, 5.41) is 11.2. The summed E-state index contributed by atoms with van der Waals surface area (Å²) in [5.74, 6) is -0.192. The fraction of sp³-hybridized carbons (Fsp3) is 0.846. The molecule has 2 unspecified atom stereocenters. The van der Waals surface area contributed by atoms with Gasteiger partial charge in [-0.1, -0.05) is 13.8 Å². The van der Waals surface area contributed by atoms with E-state index in [-0.39, 0.29) is 18.0 Å². The second kappa shape index (κ2) is 6.75. The van der Waals surface area contributed by atoms with Crippen molar-refractivity contribution >= 4 is 12.0 Å². The summed E-state index contributed by atoms with van der Waals surface area (Å²) >= 11 is 0. The summed E-state index contributed by atoms with van der Waals surface area (Å²) in [7, 11) is 2.00. The number of hydrogen-bond acceptors (Lipinski definition) is 3. The van der Waals surface area contributed by atoms with Crippen LogP contribution >= 0.6 is 0 Å². The fourth-order valence-corrected chi connectivity index (χ4v) is 2.63. The number of carbonyl (C=O) groups is 2. The highest BCUT2D eigenvalue weighted by Gasteiger charge is 2.35. The van der Waals surface area contributed by atoms with Crippen LogP contribution in [0.15, 0.2) is 0 Å². The molecule has 1 heterocycles. The summed E-state index contributed by atoms with van der Waals surface area (Å²) in [5.41, 5.74) is 0. The Labute approximate surface area is 114 Å². The third kappa shape index (κ3) is 3.83. The van der Waals surface area contributed by atoms with Crippen molar-refractivity contribution in [2.24, 2.45) is 5.92 Å². The van der Waals surface area contributed by atoms with Crippen molar-refractivity contribution in [1.29, 1.82) is 0 Å². The van der Waals surface area contributed by atoms with E-state index in [9.17, 15) is 9.59 Å². The van der Waals surface area contributed by atoms with Crippen molar-refractivity contribution in [3.8, 4) is 0 Å². The van der Waals surface area contributed by atoms with E-state index >= 15 is 0 Å². The first-order valence-corrected chi connectivity index (χ1v) is 6.88. The van der Waals surface area contributed by atoms with E-state index in [1.807, 2.05) is 27.8 Å². The molecule has 1 aliphatic rings. The number of nitrogens with zero attached hydrogens (tertiary/aromatic N) is 2. The summed E-state index contributed by atoms with van der Waals surface area (Å²) in [6.45, 7) is 7.21. The maximum Gasteiger partial charge on any atom is 0.405 e. The molecule has 0 spiro atoms. The highest BCUT2D eigenvalue weighted by Crippen LogP contribution is 2.20. The first kappa shape index (κ1) is 15.8. The molecule has 0 aliphatic carbocycles. The molecule has 2 N–H and O–H groups in total. The summed E-state index contributed by atoms with van der Waals surface area (Å²) in [6.07, 6.45) is 0.967. The molecule has 2 atom stereocenters. The molecule has 0 radical (unpaired) electrons. The number of hydrogen-bond donors (Lipinski definition) is 2. The van der Waals surface area contributed by atoms with Gasteiger partial charge in [-0.15, -0.1) is 0 Å². The highest BCUT2D eigenvalue weighted by molar-refractivity contribution is 5.85. The van der Waals surface area contributed by atoms with Gasteiger partial charge in [0.05, 0.1) is 6.17 Å². The van der Waals surface area contributed by atoms with Crippen LogP contribution in [0.2, 0.25) is 0 Å². The SMILES string of the molecule is CCN(C(=O)C(NC(=O)O)C(C)C)C1CCCN1C. The maximum absolute atomic E-state index is 12.6. The van der Waals surface area contributed by atoms with Crippen molar-refractivity contribution in [1.82, 2.24) is 15.1 Å². The molecule has 19 heavy (non-hydrogen) atoms. The lowest BCUT2D eigenvalue weighted by molar-refractivity contribution is -0.139. The summed E-state index contributed by atoms with van der Waals surface area (Å²) in [6, 6.07) is -0.675. The van der Waals surface area contributed by atoms with Crippen molar-refractivity contribution in [2.75, 3.05) is 20.1 Å². The Morgan fingerprint density at radius 2 is 2.11 bits per heavy atom. The largest absolute Gasteiger partial charge is 0.465 e. The fourth-order valence-electron chi connectivity index (χ4n) is 2.63. The van der Waals surface area contributed by atoms with E-state index in [0.29, 0.717) is 6.54 Å². The Morgan fingerprint density at radius 3 is 2.47 bits per heavy atom. The smallest absolute Gasteiger partial charge is 0.405 e. The van der Waals surface area contributed by atoms with E-state index in [0.717, 1.165) is 19.4 Å². The van der Waals surface area contributed by atoms with Crippen molar-refractivity contribution in [2.45, 2.75) is 45.8 Å². The molecule has 1 rings (SSSR count). The van der Waals surface area contributed by atoms with Gasteiger partial charge in [-0.25, -0.2) is 4.79 Å². The number of nitrogens with one attached hydrogen (secondary N) is 1. The summed E-state index contributed by atoms with van der Waals surface area (Å²) < 4.78 is 0. The Balaban J connectivity index is 2.82.